The molecule has 3 aromatic rings. The molecule has 3 heterocycles. The van der Waals surface area contributed by atoms with E-state index >= 15 is 0 Å². The zero-order valence-corrected chi connectivity index (χ0v) is 23.2. The van der Waals surface area contributed by atoms with Crippen LogP contribution >= 0.6 is 0 Å². The summed E-state index contributed by atoms with van der Waals surface area (Å²) < 4.78 is 38.0. The van der Waals surface area contributed by atoms with Gasteiger partial charge in [0.05, 0.1) is 18.8 Å². The molecule has 5 rings (SSSR count). The Labute approximate surface area is 238 Å². The highest BCUT2D eigenvalue weighted by Crippen LogP contribution is 2.31. The third-order valence-electron chi connectivity index (χ3n) is 7.11. The van der Waals surface area contributed by atoms with E-state index in [1.807, 2.05) is 0 Å². The van der Waals surface area contributed by atoms with Crippen LogP contribution in [-0.4, -0.2) is 73.2 Å². The van der Waals surface area contributed by atoms with Crippen LogP contribution in [0.5, 0.6) is 5.75 Å². The summed E-state index contributed by atoms with van der Waals surface area (Å²) >= 11 is 0. The summed E-state index contributed by atoms with van der Waals surface area (Å²) in [6.07, 6.45) is 4.59. The van der Waals surface area contributed by atoms with Crippen molar-refractivity contribution in [2.45, 2.75) is 36.4 Å². The van der Waals surface area contributed by atoms with Gasteiger partial charge in [-0.2, -0.15) is 0 Å². The molecule has 11 nitrogen and oxygen atoms in total. The van der Waals surface area contributed by atoms with Gasteiger partial charge in [0.1, 0.15) is 23.2 Å². The molecule has 1 saturated heterocycles. The number of fused-ring (bicyclic) bond motifs is 1. The first-order chi connectivity index (χ1) is 19.8. The number of hydrogen-bond acceptors (Lipinski definition) is 8. The van der Waals surface area contributed by atoms with Gasteiger partial charge in [-0.25, -0.2) is 12.7 Å². The van der Waals surface area contributed by atoms with E-state index in [0.29, 0.717) is 27.8 Å². The van der Waals surface area contributed by atoms with E-state index in [1.54, 1.807) is 42.5 Å². The summed E-state index contributed by atoms with van der Waals surface area (Å²) in [6, 6.07) is 14.9. The number of hydrogen-bond donors (Lipinski definition) is 1. The molecule has 41 heavy (non-hydrogen) atoms. The van der Waals surface area contributed by atoms with Gasteiger partial charge < -0.3 is 19.7 Å². The van der Waals surface area contributed by atoms with Gasteiger partial charge in [0.2, 0.25) is 11.8 Å². The van der Waals surface area contributed by atoms with Gasteiger partial charge in [0.15, 0.2) is 0 Å². The molecule has 0 aliphatic carbocycles. The Kier molecular flexibility index (Phi) is 8.31. The van der Waals surface area contributed by atoms with Crippen LogP contribution in [0.2, 0.25) is 0 Å². The molecule has 0 radical (unpaired) electrons. The van der Waals surface area contributed by atoms with Crippen LogP contribution in [-0.2, 0) is 30.9 Å². The van der Waals surface area contributed by atoms with Gasteiger partial charge in [-0.1, -0.05) is 24.3 Å². The summed E-state index contributed by atoms with van der Waals surface area (Å²) in [7, 11) is -2.73. The quantitative estimate of drug-likeness (QED) is 0.387. The van der Waals surface area contributed by atoms with Crippen LogP contribution in [0.3, 0.4) is 0 Å². The van der Waals surface area contributed by atoms with Gasteiger partial charge >= 0.3 is 0 Å². The van der Waals surface area contributed by atoms with E-state index in [2.05, 4.69) is 10.3 Å². The minimum absolute atomic E-state index is 0.000337. The summed E-state index contributed by atoms with van der Waals surface area (Å²) in [5.41, 5.74) is 1.11. The number of nitrogens with zero attached hydrogens (tertiary/aromatic N) is 3. The SMILES string of the molecule is COc1cccc(CN(C(=O)CN2C(=O)c3ccccc3S2(=O)=O)C(C(=O)NCC2CCCO2)c2ccncc2)c1. The van der Waals surface area contributed by atoms with Crippen molar-refractivity contribution in [1.29, 1.82) is 0 Å². The van der Waals surface area contributed by atoms with Gasteiger partial charge in [-0.3, -0.25) is 19.4 Å². The average Bonchev–Trinajstić information content (AvgIpc) is 3.58. The second kappa shape index (κ2) is 12.1. The average molecular weight is 579 g/mol. The molecular weight excluding hydrogens is 548 g/mol. The summed E-state index contributed by atoms with van der Waals surface area (Å²) in [4.78, 5) is 46.1. The molecule has 3 amide bonds. The van der Waals surface area contributed by atoms with Crippen LogP contribution in [0, 0.1) is 0 Å². The first-order valence-electron chi connectivity index (χ1n) is 13.2. The number of rotatable bonds is 10. The second-order valence-electron chi connectivity index (χ2n) is 9.75. The fourth-order valence-corrected chi connectivity index (χ4v) is 6.55. The molecule has 0 spiro atoms. The highest BCUT2D eigenvalue weighted by Gasteiger charge is 2.43. The lowest BCUT2D eigenvalue weighted by atomic mass is 10.0. The lowest BCUT2D eigenvalue weighted by Crippen LogP contribution is -2.48. The molecule has 1 aromatic heterocycles. The largest absolute Gasteiger partial charge is 0.497 e. The Morgan fingerprint density at radius 3 is 2.63 bits per heavy atom. The molecule has 214 valence electrons. The Hall–Kier alpha value is -4.29. The number of benzene rings is 2. The normalized spacial score (nSPS) is 18.0. The molecule has 1 fully saturated rings. The number of aromatic nitrogens is 1. The molecule has 1 N–H and O–H groups in total. The molecule has 0 bridgehead atoms. The molecule has 12 heteroatoms. The summed E-state index contributed by atoms with van der Waals surface area (Å²) in [6.45, 7) is 0.0389. The number of carbonyl (C=O) groups is 3. The first-order valence-corrected chi connectivity index (χ1v) is 14.6. The number of methoxy groups -OCH3 is 1. The topological polar surface area (TPSA) is 135 Å². The van der Waals surface area contributed by atoms with Crippen molar-refractivity contribution in [3.05, 3.63) is 89.7 Å². The summed E-state index contributed by atoms with van der Waals surface area (Å²) in [5.74, 6) is -1.45. The number of nitrogens with one attached hydrogen (secondary N) is 1. The zero-order valence-electron chi connectivity index (χ0n) is 22.4. The van der Waals surface area contributed by atoms with Crippen molar-refractivity contribution in [2.75, 3.05) is 26.8 Å². The van der Waals surface area contributed by atoms with Crippen molar-refractivity contribution >= 4 is 27.7 Å². The van der Waals surface area contributed by atoms with Gasteiger partial charge in [0.25, 0.3) is 15.9 Å². The van der Waals surface area contributed by atoms with Gasteiger partial charge in [-0.15, -0.1) is 0 Å². The Morgan fingerprint density at radius 2 is 1.93 bits per heavy atom. The van der Waals surface area contributed by atoms with Crippen molar-refractivity contribution in [2.24, 2.45) is 0 Å². The smallest absolute Gasteiger partial charge is 0.269 e. The van der Waals surface area contributed by atoms with E-state index in [1.165, 1.54) is 42.6 Å². The number of sulfonamides is 1. The Balaban J connectivity index is 1.50. The van der Waals surface area contributed by atoms with Crippen molar-refractivity contribution in [3.8, 4) is 5.75 Å². The Morgan fingerprint density at radius 1 is 1.15 bits per heavy atom. The molecule has 2 aromatic carbocycles. The third kappa shape index (κ3) is 5.93. The first kappa shape index (κ1) is 28.2. The highest BCUT2D eigenvalue weighted by molar-refractivity contribution is 7.90. The third-order valence-corrected chi connectivity index (χ3v) is 8.90. The number of pyridine rings is 1. The second-order valence-corrected chi connectivity index (χ2v) is 11.6. The molecular formula is C29H30N4O7S. The maximum absolute atomic E-state index is 14.0. The molecule has 2 atom stereocenters. The summed E-state index contributed by atoms with van der Waals surface area (Å²) in [5, 5.41) is 2.90. The van der Waals surface area contributed by atoms with Gasteiger partial charge in [0, 0.05) is 32.1 Å². The molecule has 2 unspecified atom stereocenters. The lowest BCUT2D eigenvalue weighted by Gasteiger charge is -2.33. The monoisotopic (exact) mass is 578 g/mol. The van der Waals surface area contributed by atoms with Crippen molar-refractivity contribution in [1.82, 2.24) is 19.5 Å². The van der Waals surface area contributed by atoms with E-state index in [4.69, 9.17) is 9.47 Å². The van der Waals surface area contributed by atoms with Crippen LogP contribution in [0.15, 0.2) is 78.0 Å². The molecule has 0 saturated carbocycles. The maximum atomic E-state index is 14.0. The fraction of sp³-hybridized carbons (Fsp3) is 0.310. The number of carbonyl (C=O) groups excluding carboxylic acids is 3. The predicted molar refractivity (Wildman–Crippen MR) is 147 cm³/mol. The van der Waals surface area contributed by atoms with Crippen LogP contribution in [0.25, 0.3) is 0 Å². The van der Waals surface area contributed by atoms with E-state index in [-0.39, 0.29) is 29.7 Å². The standard InChI is InChI=1S/C29H30N4O7S/c1-39-22-7-4-6-20(16-22)18-32(26(34)19-33-29(36)24-9-2-3-10-25(24)41(33,37)38)27(21-11-13-30-14-12-21)28(35)31-17-23-8-5-15-40-23/h2-4,6-7,9-14,16,23,27H,5,8,15,17-19H2,1H3,(H,31,35). The fourth-order valence-electron chi connectivity index (χ4n) is 5.03. The van der Waals surface area contributed by atoms with E-state index in [0.717, 1.165) is 12.8 Å². The maximum Gasteiger partial charge on any atom is 0.269 e. The van der Waals surface area contributed by atoms with Crippen LogP contribution in [0.4, 0.5) is 0 Å². The Bertz CT molecular complexity index is 1540. The number of ether oxygens (including phenoxy) is 2. The van der Waals surface area contributed by atoms with Crippen LogP contribution in [0.1, 0.15) is 40.4 Å². The minimum atomic E-state index is -4.25. The zero-order chi connectivity index (χ0) is 29.0. The molecule has 2 aliphatic rings. The van der Waals surface area contributed by atoms with Crippen molar-refractivity contribution in [3.63, 3.8) is 0 Å². The number of amides is 3. The van der Waals surface area contributed by atoms with E-state index < -0.39 is 40.3 Å². The van der Waals surface area contributed by atoms with Gasteiger partial charge in [-0.05, 0) is 60.4 Å². The van der Waals surface area contributed by atoms with Crippen molar-refractivity contribution < 1.29 is 32.3 Å². The highest BCUT2D eigenvalue weighted by atomic mass is 32.2. The minimum Gasteiger partial charge on any atom is -0.497 e. The molecule has 2 aliphatic heterocycles. The van der Waals surface area contributed by atoms with Crippen LogP contribution < -0.4 is 10.1 Å². The van der Waals surface area contributed by atoms with E-state index in [9.17, 15) is 22.8 Å². The predicted octanol–water partition coefficient (Wildman–Crippen LogP) is 2.30. The lowest BCUT2D eigenvalue weighted by molar-refractivity contribution is -0.141.